The maximum absolute atomic E-state index is 12.1. The van der Waals surface area contributed by atoms with Crippen molar-refractivity contribution in [3.8, 4) is 0 Å². The van der Waals surface area contributed by atoms with Crippen LogP contribution >= 0.6 is 59.1 Å². The highest BCUT2D eigenvalue weighted by atomic mass is 79.9. The Balaban J connectivity index is 2.21. The van der Waals surface area contributed by atoms with Gasteiger partial charge in [0, 0.05) is 15.5 Å². The molecule has 1 amide bonds. The second-order valence-corrected chi connectivity index (χ2v) is 7.26. The molecule has 0 saturated heterocycles. The van der Waals surface area contributed by atoms with Crippen LogP contribution in [0.2, 0.25) is 0 Å². The smallest absolute Gasteiger partial charge is 0.265 e. The molecule has 1 aromatic heterocycles. The Labute approximate surface area is 134 Å². The van der Waals surface area contributed by atoms with Crippen LogP contribution in [0.5, 0.6) is 0 Å². The lowest BCUT2D eigenvalue weighted by Gasteiger charge is -2.07. The van der Waals surface area contributed by atoms with Crippen molar-refractivity contribution >= 4 is 70.7 Å². The topological polar surface area (TPSA) is 29.1 Å². The molecule has 18 heavy (non-hydrogen) atoms. The summed E-state index contributed by atoms with van der Waals surface area (Å²) in [6.07, 6.45) is 0. The summed E-state index contributed by atoms with van der Waals surface area (Å²) >= 11 is 11.6. The third kappa shape index (κ3) is 3.23. The molecule has 0 saturated carbocycles. The van der Waals surface area contributed by atoms with E-state index in [0.717, 1.165) is 19.5 Å². The van der Waals surface area contributed by atoms with Gasteiger partial charge in [-0.25, -0.2) is 0 Å². The van der Waals surface area contributed by atoms with Crippen molar-refractivity contribution in [2.24, 2.45) is 0 Å². The molecule has 6 heteroatoms. The summed E-state index contributed by atoms with van der Waals surface area (Å²) in [5.74, 6) is -0.0974. The van der Waals surface area contributed by atoms with Crippen molar-refractivity contribution in [2.45, 2.75) is 5.33 Å². The van der Waals surface area contributed by atoms with E-state index in [1.165, 1.54) is 11.3 Å². The van der Waals surface area contributed by atoms with Gasteiger partial charge in [-0.15, -0.1) is 11.3 Å². The Morgan fingerprint density at radius 1 is 1.28 bits per heavy atom. The van der Waals surface area contributed by atoms with E-state index >= 15 is 0 Å². The van der Waals surface area contributed by atoms with Gasteiger partial charge >= 0.3 is 0 Å². The molecule has 0 unspecified atom stereocenters. The largest absolute Gasteiger partial charge is 0.321 e. The Morgan fingerprint density at radius 2 is 2.00 bits per heavy atom. The molecule has 0 radical (unpaired) electrons. The Bertz CT molecular complexity index is 563. The van der Waals surface area contributed by atoms with Gasteiger partial charge in [-0.05, 0) is 49.6 Å². The van der Waals surface area contributed by atoms with Crippen LogP contribution in [-0.4, -0.2) is 5.91 Å². The van der Waals surface area contributed by atoms with E-state index in [1.807, 2.05) is 24.3 Å². The lowest BCUT2D eigenvalue weighted by molar-refractivity contribution is 0.103. The minimum absolute atomic E-state index is 0.0974. The number of halogens is 3. The number of alkyl halides is 1. The van der Waals surface area contributed by atoms with Crippen LogP contribution in [0.15, 0.2) is 38.6 Å². The summed E-state index contributed by atoms with van der Waals surface area (Å²) < 4.78 is 1.81. The van der Waals surface area contributed by atoms with E-state index in [1.54, 1.807) is 6.07 Å². The van der Waals surface area contributed by atoms with Gasteiger partial charge < -0.3 is 5.32 Å². The molecule has 2 aromatic rings. The van der Waals surface area contributed by atoms with Crippen molar-refractivity contribution in [2.75, 3.05) is 5.32 Å². The van der Waals surface area contributed by atoms with Crippen LogP contribution in [0, 0.1) is 0 Å². The van der Waals surface area contributed by atoms with Crippen molar-refractivity contribution in [3.05, 3.63) is 49.0 Å². The first kappa shape index (κ1) is 14.2. The third-order valence-electron chi connectivity index (χ3n) is 2.28. The van der Waals surface area contributed by atoms with E-state index < -0.39 is 0 Å². The van der Waals surface area contributed by atoms with Gasteiger partial charge in [0.25, 0.3) is 5.91 Å². The molecule has 0 atom stereocenters. The predicted molar refractivity (Wildman–Crippen MR) is 86.7 cm³/mol. The maximum atomic E-state index is 12.1. The Hall–Kier alpha value is -0.170. The van der Waals surface area contributed by atoms with Crippen LogP contribution in [-0.2, 0) is 5.33 Å². The van der Waals surface area contributed by atoms with Crippen LogP contribution in [0.4, 0.5) is 5.69 Å². The molecule has 1 N–H and O–H groups in total. The second kappa shape index (κ2) is 6.32. The fourth-order valence-corrected chi connectivity index (χ4v) is 3.82. The normalized spacial score (nSPS) is 10.4. The lowest BCUT2D eigenvalue weighted by Crippen LogP contribution is -2.11. The highest BCUT2D eigenvalue weighted by Gasteiger charge is 2.13. The molecule has 0 fully saturated rings. The summed E-state index contributed by atoms with van der Waals surface area (Å²) in [4.78, 5) is 12.8. The van der Waals surface area contributed by atoms with Gasteiger partial charge in [-0.2, -0.15) is 0 Å². The molecular weight excluding hydrogens is 446 g/mol. The van der Waals surface area contributed by atoms with E-state index in [2.05, 4.69) is 53.1 Å². The number of benzene rings is 1. The van der Waals surface area contributed by atoms with E-state index in [-0.39, 0.29) is 5.91 Å². The van der Waals surface area contributed by atoms with Gasteiger partial charge in [0.15, 0.2) is 0 Å². The highest BCUT2D eigenvalue weighted by Crippen LogP contribution is 2.33. The molecule has 0 aliphatic heterocycles. The molecule has 0 spiro atoms. The van der Waals surface area contributed by atoms with Crippen molar-refractivity contribution in [1.29, 1.82) is 0 Å². The summed E-state index contributed by atoms with van der Waals surface area (Å²) in [6, 6.07) is 9.53. The number of carbonyl (C=O) groups excluding carboxylic acids is 1. The Kier molecular flexibility index (Phi) is 5.00. The first-order valence-electron chi connectivity index (χ1n) is 5.02. The molecule has 0 aliphatic carbocycles. The number of carbonyl (C=O) groups is 1. The van der Waals surface area contributed by atoms with Gasteiger partial charge in [0.05, 0.1) is 8.66 Å². The number of nitrogens with one attached hydrogen (secondary N) is 1. The number of para-hydroxylation sites is 1. The quantitative estimate of drug-likeness (QED) is 0.618. The number of rotatable bonds is 3. The number of hydrogen-bond acceptors (Lipinski definition) is 2. The molecule has 1 heterocycles. The zero-order chi connectivity index (χ0) is 13.1. The Morgan fingerprint density at radius 3 is 2.61 bits per heavy atom. The summed E-state index contributed by atoms with van der Waals surface area (Å²) in [5.41, 5.74) is 1.89. The van der Waals surface area contributed by atoms with Gasteiger partial charge in [-0.1, -0.05) is 34.1 Å². The van der Waals surface area contributed by atoms with Crippen LogP contribution < -0.4 is 5.32 Å². The molecule has 0 bridgehead atoms. The summed E-state index contributed by atoms with van der Waals surface area (Å²) in [7, 11) is 0. The lowest BCUT2D eigenvalue weighted by atomic mass is 10.2. The third-order valence-corrected chi connectivity index (χ3v) is 6.14. The number of anilines is 1. The fourth-order valence-electron chi connectivity index (χ4n) is 1.40. The van der Waals surface area contributed by atoms with E-state index in [4.69, 9.17) is 0 Å². The molecule has 2 nitrogen and oxygen atoms in total. The number of hydrogen-bond donors (Lipinski definition) is 1. The van der Waals surface area contributed by atoms with E-state index in [0.29, 0.717) is 10.2 Å². The first-order chi connectivity index (χ1) is 8.61. The number of amides is 1. The van der Waals surface area contributed by atoms with Crippen molar-refractivity contribution in [1.82, 2.24) is 0 Å². The highest BCUT2D eigenvalue weighted by molar-refractivity contribution is 9.13. The monoisotopic (exact) mass is 451 g/mol. The van der Waals surface area contributed by atoms with E-state index in [9.17, 15) is 4.79 Å². The molecule has 2 rings (SSSR count). The minimum Gasteiger partial charge on any atom is -0.321 e. The zero-order valence-electron chi connectivity index (χ0n) is 9.04. The molecule has 0 aliphatic rings. The van der Waals surface area contributed by atoms with Gasteiger partial charge in [0.1, 0.15) is 0 Å². The SMILES string of the molecule is O=C(Nc1ccccc1CBr)c1cc(Br)c(Br)s1. The fraction of sp³-hybridized carbons (Fsp3) is 0.0833. The predicted octanol–water partition coefficient (Wildman–Crippen LogP) is 5.42. The minimum atomic E-state index is -0.0974. The van der Waals surface area contributed by atoms with Crippen LogP contribution in [0.1, 0.15) is 15.2 Å². The van der Waals surface area contributed by atoms with Crippen LogP contribution in [0.25, 0.3) is 0 Å². The average Bonchev–Trinajstić information content (AvgIpc) is 2.70. The molecule has 94 valence electrons. The van der Waals surface area contributed by atoms with Crippen molar-refractivity contribution < 1.29 is 4.79 Å². The summed E-state index contributed by atoms with van der Waals surface area (Å²) in [6.45, 7) is 0. The van der Waals surface area contributed by atoms with Crippen LogP contribution in [0.3, 0.4) is 0 Å². The van der Waals surface area contributed by atoms with Gasteiger partial charge in [-0.3, -0.25) is 4.79 Å². The molecular formula is C12H8Br3NOS. The average molecular weight is 454 g/mol. The van der Waals surface area contributed by atoms with Crippen molar-refractivity contribution in [3.63, 3.8) is 0 Å². The maximum Gasteiger partial charge on any atom is 0.265 e. The zero-order valence-corrected chi connectivity index (χ0v) is 14.6. The first-order valence-corrected chi connectivity index (χ1v) is 8.54. The number of thiophene rings is 1. The van der Waals surface area contributed by atoms with Gasteiger partial charge in [0.2, 0.25) is 0 Å². The molecule has 1 aromatic carbocycles. The standard InChI is InChI=1S/C12H8Br3NOS/c13-6-7-3-1-2-4-9(7)16-12(17)10-5-8(14)11(15)18-10/h1-5H,6H2,(H,16,17). The summed E-state index contributed by atoms with van der Waals surface area (Å²) in [5, 5.41) is 3.63. The second-order valence-electron chi connectivity index (χ2n) is 3.48.